The van der Waals surface area contributed by atoms with Crippen LogP contribution in [0, 0.1) is 13.8 Å². The van der Waals surface area contributed by atoms with Crippen molar-refractivity contribution in [3.05, 3.63) is 29.3 Å². The SMILES string of the molecule is COCCCN(CC(=O)N1CCNCC1)S(=O)(=O)c1ccc(C)c(C)c1. The van der Waals surface area contributed by atoms with Crippen LogP contribution in [0.3, 0.4) is 0 Å². The molecule has 0 aliphatic carbocycles. The fraction of sp³-hybridized carbons (Fsp3) is 0.611. The molecule has 2 rings (SSSR count). The first kappa shape index (κ1) is 20.8. The van der Waals surface area contributed by atoms with E-state index >= 15 is 0 Å². The van der Waals surface area contributed by atoms with E-state index in [0.29, 0.717) is 26.1 Å². The first-order chi connectivity index (χ1) is 12.4. The Kier molecular flexibility index (Phi) is 7.57. The summed E-state index contributed by atoms with van der Waals surface area (Å²) in [5.74, 6) is -0.156. The summed E-state index contributed by atoms with van der Waals surface area (Å²) in [5.41, 5.74) is 1.95. The summed E-state index contributed by atoms with van der Waals surface area (Å²) in [7, 11) is -2.16. The largest absolute Gasteiger partial charge is 0.385 e. The van der Waals surface area contributed by atoms with E-state index in [0.717, 1.165) is 24.2 Å². The number of hydrogen-bond acceptors (Lipinski definition) is 5. The van der Waals surface area contributed by atoms with Gasteiger partial charge in [-0.3, -0.25) is 4.79 Å². The van der Waals surface area contributed by atoms with Crippen molar-refractivity contribution in [2.24, 2.45) is 0 Å². The van der Waals surface area contributed by atoms with Crippen molar-refractivity contribution in [3.8, 4) is 0 Å². The normalized spacial score (nSPS) is 15.5. The molecular weight excluding hydrogens is 354 g/mol. The molecule has 1 aromatic rings. The van der Waals surface area contributed by atoms with Gasteiger partial charge < -0.3 is 15.0 Å². The Morgan fingerprint density at radius 2 is 1.92 bits per heavy atom. The van der Waals surface area contributed by atoms with Gasteiger partial charge in [-0.25, -0.2) is 8.42 Å². The lowest BCUT2D eigenvalue weighted by atomic mass is 10.1. The van der Waals surface area contributed by atoms with Crippen molar-refractivity contribution >= 4 is 15.9 Å². The van der Waals surface area contributed by atoms with Crippen LogP contribution in [0.2, 0.25) is 0 Å². The lowest BCUT2D eigenvalue weighted by Crippen LogP contribution is -2.50. The predicted molar refractivity (Wildman–Crippen MR) is 101 cm³/mol. The number of rotatable bonds is 8. The van der Waals surface area contributed by atoms with Crippen LogP contribution in [0.4, 0.5) is 0 Å². The molecular formula is C18H29N3O4S. The highest BCUT2D eigenvalue weighted by atomic mass is 32.2. The summed E-state index contributed by atoms with van der Waals surface area (Å²) in [5, 5.41) is 3.19. The van der Waals surface area contributed by atoms with Crippen LogP contribution >= 0.6 is 0 Å². The minimum atomic E-state index is -3.74. The number of amides is 1. The molecule has 1 aromatic carbocycles. The number of ether oxygens (including phenoxy) is 1. The fourth-order valence-corrected chi connectivity index (χ4v) is 4.37. The van der Waals surface area contributed by atoms with E-state index in [1.54, 1.807) is 30.2 Å². The molecule has 7 nitrogen and oxygen atoms in total. The average molecular weight is 384 g/mol. The lowest BCUT2D eigenvalue weighted by Gasteiger charge is -2.30. The van der Waals surface area contributed by atoms with Gasteiger partial charge in [-0.2, -0.15) is 4.31 Å². The van der Waals surface area contributed by atoms with Crippen molar-refractivity contribution in [1.82, 2.24) is 14.5 Å². The molecule has 1 aliphatic heterocycles. The Morgan fingerprint density at radius 3 is 2.54 bits per heavy atom. The van der Waals surface area contributed by atoms with Gasteiger partial charge in [-0.15, -0.1) is 0 Å². The fourth-order valence-electron chi connectivity index (χ4n) is 2.86. The van der Waals surface area contributed by atoms with E-state index in [4.69, 9.17) is 4.74 Å². The van der Waals surface area contributed by atoms with E-state index < -0.39 is 10.0 Å². The third kappa shape index (κ3) is 5.26. The molecule has 1 saturated heterocycles. The van der Waals surface area contributed by atoms with Crippen LogP contribution in [0.5, 0.6) is 0 Å². The first-order valence-electron chi connectivity index (χ1n) is 8.91. The van der Waals surface area contributed by atoms with E-state index in [9.17, 15) is 13.2 Å². The second-order valence-electron chi connectivity index (χ2n) is 6.56. The van der Waals surface area contributed by atoms with E-state index in [1.807, 2.05) is 13.8 Å². The summed E-state index contributed by atoms with van der Waals surface area (Å²) in [6.45, 7) is 7.06. The summed E-state index contributed by atoms with van der Waals surface area (Å²) < 4.78 is 32.5. The maximum absolute atomic E-state index is 13.1. The minimum Gasteiger partial charge on any atom is -0.385 e. The molecule has 0 aromatic heterocycles. The predicted octanol–water partition coefficient (Wildman–Crippen LogP) is 0.762. The third-order valence-corrected chi connectivity index (χ3v) is 6.49. The Morgan fingerprint density at radius 1 is 1.23 bits per heavy atom. The van der Waals surface area contributed by atoms with Gasteiger partial charge >= 0.3 is 0 Å². The standard InChI is InChI=1S/C18H29N3O4S/c1-15-5-6-17(13-16(15)2)26(23,24)21(9-4-12-25-3)14-18(22)20-10-7-19-8-11-20/h5-6,13,19H,4,7-12,14H2,1-3H3. The number of hydrogen-bond donors (Lipinski definition) is 1. The molecule has 0 atom stereocenters. The Labute approximate surface area is 156 Å². The molecule has 0 unspecified atom stereocenters. The topological polar surface area (TPSA) is 79.0 Å². The van der Waals surface area contributed by atoms with Gasteiger partial charge in [0.05, 0.1) is 11.4 Å². The summed E-state index contributed by atoms with van der Waals surface area (Å²) in [6, 6.07) is 5.08. The molecule has 146 valence electrons. The number of piperazine rings is 1. The van der Waals surface area contributed by atoms with Gasteiger partial charge in [0.1, 0.15) is 0 Å². The minimum absolute atomic E-state index is 0.140. The van der Waals surface area contributed by atoms with Crippen LogP contribution in [0.25, 0.3) is 0 Å². The van der Waals surface area contributed by atoms with Crippen LogP contribution in [0.15, 0.2) is 23.1 Å². The number of nitrogens with zero attached hydrogens (tertiary/aromatic N) is 2. The average Bonchev–Trinajstić information content (AvgIpc) is 2.63. The number of methoxy groups -OCH3 is 1. The maximum atomic E-state index is 13.1. The zero-order valence-electron chi connectivity index (χ0n) is 15.8. The molecule has 1 heterocycles. The molecule has 0 saturated carbocycles. The maximum Gasteiger partial charge on any atom is 0.243 e. The summed E-state index contributed by atoms with van der Waals surface area (Å²) in [6.07, 6.45) is 0.537. The van der Waals surface area contributed by atoms with Gasteiger partial charge in [0, 0.05) is 46.4 Å². The first-order valence-corrected chi connectivity index (χ1v) is 10.3. The molecule has 0 radical (unpaired) electrons. The van der Waals surface area contributed by atoms with Gasteiger partial charge in [-0.05, 0) is 43.5 Å². The molecule has 8 heteroatoms. The second-order valence-corrected chi connectivity index (χ2v) is 8.50. The Hall–Kier alpha value is -1.48. The molecule has 1 fully saturated rings. The highest BCUT2D eigenvalue weighted by molar-refractivity contribution is 7.89. The Bertz CT molecular complexity index is 715. The number of benzene rings is 1. The third-order valence-electron chi connectivity index (χ3n) is 4.65. The van der Waals surface area contributed by atoms with Crippen LogP contribution in [-0.4, -0.2) is 76.5 Å². The quantitative estimate of drug-likeness (QED) is 0.671. The Balaban J connectivity index is 2.20. The van der Waals surface area contributed by atoms with E-state index in [-0.39, 0.29) is 23.9 Å². The molecule has 26 heavy (non-hydrogen) atoms. The number of nitrogens with one attached hydrogen (secondary N) is 1. The van der Waals surface area contributed by atoms with Gasteiger partial charge in [0.2, 0.25) is 15.9 Å². The summed E-state index contributed by atoms with van der Waals surface area (Å²) >= 11 is 0. The van der Waals surface area contributed by atoms with Crippen LogP contribution in [0.1, 0.15) is 17.5 Å². The van der Waals surface area contributed by atoms with Crippen molar-refractivity contribution in [3.63, 3.8) is 0 Å². The zero-order chi connectivity index (χ0) is 19.2. The van der Waals surface area contributed by atoms with Gasteiger partial charge in [0.15, 0.2) is 0 Å². The van der Waals surface area contributed by atoms with Crippen molar-refractivity contribution in [2.75, 3.05) is 53.0 Å². The lowest BCUT2D eigenvalue weighted by molar-refractivity contribution is -0.132. The molecule has 1 N–H and O–H groups in total. The van der Waals surface area contributed by atoms with Crippen molar-refractivity contribution in [1.29, 1.82) is 0 Å². The molecule has 0 spiro atoms. The highest BCUT2D eigenvalue weighted by Crippen LogP contribution is 2.19. The molecule has 0 bridgehead atoms. The smallest absolute Gasteiger partial charge is 0.243 e. The van der Waals surface area contributed by atoms with E-state index in [1.165, 1.54) is 4.31 Å². The number of sulfonamides is 1. The summed E-state index contributed by atoms with van der Waals surface area (Å²) in [4.78, 5) is 14.5. The second kappa shape index (κ2) is 9.45. The number of carbonyl (C=O) groups is 1. The van der Waals surface area contributed by atoms with Gasteiger partial charge in [0.25, 0.3) is 0 Å². The van der Waals surface area contributed by atoms with Gasteiger partial charge in [-0.1, -0.05) is 6.07 Å². The molecule has 1 aliphatic rings. The van der Waals surface area contributed by atoms with E-state index in [2.05, 4.69) is 5.32 Å². The highest BCUT2D eigenvalue weighted by Gasteiger charge is 2.28. The van der Waals surface area contributed by atoms with Crippen LogP contribution < -0.4 is 5.32 Å². The van der Waals surface area contributed by atoms with Crippen molar-refractivity contribution < 1.29 is 17.9 Å². The number of carbonyl (C=O) groups excluding carboxylic acids is 1. The van der Waals surface area contributed by atoms with Crippen LogP contribution in [-0.2, 0) is 19.6 Å². The zero-order valence-corrected chi connectivity index (χ0v) is 16.6. The van der Waals surface area contributed by atoms with Crippen molar-refractivity contribution in [2.45, 2.75) is 25.2 Å². The molecule has 1 amide bonds. The number of aryl methyl sites for hydroxylation is 2. The monoisotopic (exact) mass is 383 g/mol.